The van der Waals surface area contributed by atoms with Gasteiger partial charge in [-0.25, -0.2) is 0 Å². The molecule has 13 nitrogen and oxygen atoms in total. The standard InChI is InChI=1S/C19H18N8O5S2/c1-3-7-32-23-11(14-22-19(20)34-24-14)15(28)21-12-16(29)27-13(18(30)31)10(9-33-17(12)27)8-26-6-4-5-25(26)2/h1,4-6,12,17H,7-9H2,2H3,(H3-,20,21,22,24,28,30,31)/t12?,17-/m1/s1. The number of thioether (sulfide) groups is 1. The van der Waals surface area contributed by atoms with Crippen LogP contribution in [0.5, 0.6) is 0 Å². The second kappa shape index (κ2) is 9.53. The number of terminal acetylenes is 1. The van der Waals surface area contributed by atoms with Crippen LogP contribution >= 0.6 is 23.3 Å². The molecule has 2 aliphatic rings. The van der Waals surface area contributed by atoms with E-state index < -0.39 is 29.2 Å². The molecule has 2 amide bonds. The van der Waals surface area contributed by atoms with Crippen molar-refractivity contribution in [2.45, 2.75) is 18.0 Å². The number of anilines is 1. The maximum absolute atomic E-state index is 12.9. The molecule has 0 spiro atoms. The number of amides is 2. The van der Waals surface area contributed by atoms with Gasteiger partial charge >= 0.3 is 0 Å². The van der Waals surface area contributed by atoms with Crippen LogP contribution in [0.25, 0.3) is 0 Å². The number of fused-ring (bicyclic) bond motifs is 1. The van der Waals surface area contributed by atoms with E-state index in [9.17, 15) is 19.5 Å². The predicted octanol–water partition coefficient (Wildman–Crippen LogP) is -2.80. The lowest BCUT2D eigenvalue weighted by molar-refractivity contribution is -0.752. The molecule has 15 heteroatoms. The number of aryl methyl sites for hydroxylation is 1. The number of nitrogens with zero attached hydrogens (tertiary/aromatic N) is 6. The minimum atomic E-state index is -1.46. The zero-order valence-electron chi connectivity index (χ0n) is 17.7. The third-order valence-corrected chi connectivity index (χ3v) is 6.90. The van der Waals surface area contributed by atoms with Crippen molar-refractivity contribution in [3.05, 3.63) is 35.6 Å². The molecule has 2 aromatic rings. The molecule has 2 aromatic heterocycles. The fourth-order valence-corrected chi connectivity index (χ4v) is 5.23. The summed E-state index contributed by atoms with van der Waals surface area (Å²) >= 11 is 2.18. The number of nitrogens with two attached hydrogens (primary N) is 1. The van der Waals surface area contributed by atoms with Crippen LogP contribution in [0.1, 0.15) is 5.82 Å². The van der Waals surface area contributed by atoms with Crippen LogP contribution in [-0.2, 0) is 32.8 Å². The third-order valence-electron chi connectivity index (χ3n) is 5.02. The van der Waals surface area contributed by atoms with E-state index in [1.54, 1.807) is 15.6 Å². The number of nitrogens with one attached hydrogen (secondary N) is 1. The van der Waals surface area contributed by atoms with E-state index in [4.69, 9.17) is 17.0 Å². The molecule has 0 radical (unpaired) electrons. The highest BCUT2D eigenvalue weighted by Crippen LogP contribution is 2.40. The van der Waals surface area contributed by atoms with Gasteiger partial charge in [0.2, 0.25) is 11.5 Å². The number of carboxylic acid groups (broad SMARTS) is 1. The number of nitrogen functional groups attached to an aromatic ring is 1. The summed E-state index contributed by atoms with van der Waals surface area (Å²) in [6.45, 7) is 0.0697. The number of carboxylic acids is 1. The van der Waals surface area contributed by atoms with E-state index in [1.165, 1.54) is 11.8 Å². The Morgan fingerprint density at radius 1 is 1.53 bits per heavy atom. The van der Waals surface area contributed by atoms with Gasteiger partial charge in [-0.2, -0.15) is 14.0 Å². The molecule has 1 fully saturated rings. The van der Waals surface area contributed by atoms with Crippen LogP contribution in [-0.4, -0.2) is 66.2 Å². The van der Waals surface area contributed by atoms with Crippen molar-refractivity contribution >= 4 is 51.9 Å². The lowest BCUT2D eigenvalue weighted by Crippen LogP contribution is -2.71. The lowest BCUT2D eigenvalue weighted by atomic mass is 10.0. The Labute approximate surface area is 201 Å². The molecule has 4 rings (SSSR count). The van der Waals surface area contributed by atoms with Gasteiger partial charge in [-0.05, 0) is 5.57 Å². The molecule has 0 bridgehead atoms. The summed E-state index contributed by atoms with van der Waals surface area (Å²) < 4.78 is 7.53. The summed E-state index contributed by atoms with van der Waals surface area (Å²) in [7, 11) is 1.82. The van der Waals surface area contributed by atoms with Crippen molar-refractivity contribution in [1.82, 2.24) is 24.3 Å². The zero-order chi connectivity index (χ0) is 24.4. The van der Waals surface area contributed by atoms with Gasteiger partial charge in [0.15, 0.2) is 25.0 Å². The van der Waals surface area contributed by atoms with Crippen LogP contribution in [0.4, 0.5) is 5.13 Å². The second-order valence-electron chi connectivity index (χ2n) is 7.14. The Morgan fingerprint density at radius 3 is 2.94 bits per heavy atom. The second-order valence-corrected chi connectivity index (χ2v) is 9.02. The van der Waals surface area contributed by atoms with Crippen molar-refractivity contribution in [3.63, 3.8) is 0 Å². The van der Waals surface area contributed by atoms with Crippen molar-refractivity contribution in [2.75, 3.05) is 18.1 Å². The fourth-order valence-electron chi connectivity index (χ4n) is 3.47. The highest BCUT2D eigenvalue weighted by atomic mass is 32.2. The number of β-lactam (4-membered cyclic amide) rings is 1. The Bertz CT molecular complexity index is 1260. The SMILES string of the molecule is C#CCON=C(C(=O)NC1C(=O)N2C(C(=O)[O-])=C(Cn3ccc[n+]3C)CS[C@H]12)c1nsc(N)n1. The number of aliphatic carboxylic acids is 1. The van der Waals surface area contributed by atoms with Crippen molar-refractivity contribution in [1.29, 1.82) is 0 Å². The molecular weight excluding hydrogens is 484 g/mol. The van der Waals surface area contributed by atoms with E-state index in [1.807, 2.05) is 19.3 Å². The summed E-state index contributed by atoms with van der Waals surface area (Å²) in [6.07, 6.45) is 8.74. The molecule has 2 aliphatic heterocycles. The quantitative estimate of drug-likeness (QED) is 0.0966. The van der Waals surface area contributed by atoms with Crippen LogP contribution in [0.2, 0.25) is 0 Å². The Kier molecular flexibility index (Phi) is 6.52. The molecule has 0 aliphatic carbocycles. The summed E-state index contributed by atoms with van der Waals surface area (Å²) in [5, 5.41) is 17.6. The highest BCUT2D eigenvalue weighted by molar-refractivity contribution is 8.00. The number of carbonyl (C=O) groups excluding carboxylic acids is 3. The predicted molar refractivity (Wildman–Crippen MR) is 118 cm³/mol. The maximum Gasteiger partial charge on any atom is 0.278 e. The van der Waals surface area contributed by atoms with Gasteiger partial charge in [0.1, 0.15) is 18.0 Å². The molecule has 176 valence electrons. The summed E-state index contributed by atoms with van der Waals surface area (Å²) in [6, 6.07) is 0.820. The van der Waals surface area contributed by atoms with Gasteiger partial charge in [-0.1, -0.05) is 11.1 Å². The molecule has 2 atom stereocenters. The number of rotatable bonds is 8. The first-order valence-corrected chi connectivity index (χ1v) is 11.6. The zero-order valence-corrected chi connectivity index (χ0v) is 19.3. The summed E-state index contributed by atoms with van der Waals surface area (Å²) in [5.41, 5.74) is 5.61. The molecule has 4 heterocycles. The van der Waals surface area contributed by atoms with Gasteiger partial charge in [-0.3, -0.25) is 14.5 Å². The van der Waals surface area contributed by atoms with Gasteiger partial charge in [0, 0.05) is 23.4 Å². The number of hydrogen-bond acceptors (Lipinski definition) is 11. The van der Waals surface area contributed by atoms with Gasteiger partial charge < -0.3 is 25.8 Å². The monoisotopic (exact) mass is 502 g/mol. The molecule has 0 aromatic carbocycles. The molecule has 1 unspecified atom stereocenters. The smallest absolute Gasteiger partial charge is 0.278 e. The Hall–Kier alpha value is -3.90. The van der Waals surface area contributed by atoms with E-state index >= 15 is 0 Å². The highest BCUT2D eigenvalue weighted by Gasteiger charge is 2.53. The van der Waals surface area contributed by atoms with Crippen molar-refractivity contribution in [2.24, 2.45) is 12.2 Å². The van der Waals surface area contributed by atoms with E-state index in [-0.39, 0.29) is 35.5 Å². The van der Waals surface area contributed by atoms with Gasteiger partial charge in [-0.15, -0.1) is 22.9 Å². The van der Waals surface area contributed by atoms with Crippen LogP contribution in [0, 0.1) is 12.3 Å². The van der Waals surface area contributed by atoms with Crippen LogP contribution in [0.3, 0.4) is 0 Å². The molecular formula is C19H18N8O5S2. The van der Waals surface area contributed by atoms with E-state index in [2.05, 4.69) is 25.8 Å². The maximum atomic E-state index is 12.9. The molecule has 34 heavy (non-hydrogen) atoms. The normalized spacial score (nSPS) is 19.8. The first kappa shape index (κ1) is 23.3. The number of hydrogen-bond donors (Lipinski definition) is 2. The number of aromatic nitrogens is 4. The molecule has 0 saturated carbocycles. The fraction of sp³-hybridized carbons (Fsp3) is 0.316. The third kappa shape index (κ3) is 4.32. The average Bonchev–Trinajstić information content (AvgIpc) is 3.42. The first-order valence-electron chi connectivity index (χ1n) is 9.74. The van der Waals surface area contributed by atoms with E-state index in [0.29, 0.717) is 11.3 Å². The van der Waals surface area contributed by atoms with Gasteiger partial charge in [0.25, 0.3) is 11.8 Å². The number of oxime groups is 1. The minimum Gasteiger partial charge on any atom is -0.543 e. The number of carbonyl (C=O) groups is 3. The first-order chi connectivity index (χ1) is 16.3. The van der Waals surface area contributed by atoms with Crippen molar-refractivity contribution < 1.29 is 29.0 Å². The topological polar surface area (TPSA) is 172 Å². The summed E-state index contributed by atoms with van der Waals surface area (Å²) in [5.74, 6) is -0.391. The van der Waals surface area contributed by atoms with Crippen LogP contribution < -0.4 is 20.8 Å². The van der Waals surface area contributed by atoms with Crippen molar-refractivity contribution in [3.8, 4) is 12.3 Å². The summed E-state index contributed by atoms with van der Waals surface area (Å²) in [4.78, 5) is 47.7. The van der Waals surface area contributed by atoms with E-state index in [0.717, 1.165) is 16.4 Å². The van der Waals surface area contributed by atoms with Crippen LogP contribution in [0.15, 0.2) is 34.9 Å². The molecule has 1 saturated heterocycles. The Balaban J connectivity index is 1.53. The van der Waals surface area contributed by atoms with Gasteiger partial charge in [0.05, 0.1) is 17.9 Å². The average molecular weight is 503 g/mol. The largest absolute Gasteiger partial charge is 0.543 e. The minimum absolute atomic E-state index is 0.0888. The lowest BCUT2D eigenvalue weighted by Gasteiger charge is -2.50. The molecule has 3 N–H and O–H groups in total. The Morgan fingerprint density at radius 2 is 2.32 bits per heavy atom.